The van der Waals surface area contributed by atoms with E-state index >= 15 is 0 Å². The van der Waals surface area contributed by atoms with Crippen molar-refractivity contribution in [2.24, 2.45) is 0 Å². The molecular formula is C18H16NOP. The molecule has 104 valence electrons. The minimum absolute atomic E-state index is 0.826. The van der Waals surface area contributed by atoms with Crippen molar-refractivity contribution in [3.05, 3.63) is 97.4 Å². The van der Waals surface area contributed by atoms with Crippen LogP contribution in [0.15, 0.2) is 97.4 Å². The summed E-state index contributed by atoms with van der Waals surface area (Å²) in [6, 6.07) is 19.3. The van der Waals surface area contributed by atoms with Crippen molar-refractivity contribution in [1.82, 2.24) is 4.67 Å². The van der Waals surface area contributed by atoms with Gasteiger partial charge >= 0.3 is 0 Å². The highest BCUT2D eigenvalue weighted by atomic mass is 31.2. The Kier molecular flexibility index (Phi) is 3.89. The van der Waals surface area contributed by atoms with Gasteiger partial charge in [-0.2, -0.15) is 0 Å². The standard InChI is InChI=1S/C18H16NOP/c20-21(17-11-5-3-6-12-17,18-13-7-4-8-14-18)19-15-9-1-2-10-16-19/h1-16H. The van der Waals surface area contributed by atoms with Crippen molar-refractivity contribution in [2.45, 2.75) is 0 Å². The van der Waals surface area contributed by atoms with Crippen molar-refractivity contribution < 1.29 is 4.57 Å². The fourth-order valence-corrected chi connectivity index (χ4v) is 4.83. The summed E-state index contributed by atoms with van der Waals surface area (Å²) in [5, 5.41) is 1.65. The Morgan fingerprint density at radius 3 is 1.48 bits per heavy atom. The Bertz CT molecular complexity index is 673. The third kappa shape index (κ3) is 2.63. The second kappa shape index (κ2) is 5.99. The van der Waals surface area contributed by atoms with Crippen LogP contribution < -0.4 is 10.6 Å². The summed E-state index contributed by atoms with van der Waals surface area (Å²) in [4.78, 5) is 0. The molecule has 0 saturated heterocycles. The van der Waals surface area contributed by atoms with Gasteiger partial charge in [-0.3, -0.25) is 9.24 Å². The number of allylic oxidation sites excluding steroid dienone is 4. The van der Waals surface area contributed by atoms with E-state index in [-0.39, 0.29) is 0 Å². The van der Waals surface area contributed by atoms with Crippen LogP contribution in [0.4, 0.5) is 0 Å². The third-order valence-electron chi connectivity index (χ3n) is 3.35. The number of nitrogens with zero attached hydrogens (tertiary/aromatic N) is 1. The Morgan fingerprint density at radius 2 is 1.05 bits per heavy atom. The lowest BCUT2D eigenvalue weighted by Gasteiger charge is -2.28. The molecule has 0 amide bonds. The topological polar surface area (TPSA) is 20.3 Å². The zero-order valence-electron chi connectivity index (χ0n) is 11.5. The number of hydrogen-bond acceptors (Lipinski definition) is 1. The van der Waals surface area contributed by atoms with Gasteiger partial charge in [0.05, 0.1) is 0 Å². The van der Waals surface area contributed by atoms with Crippen LogP contribution in [0, 0.1) is 0 Å². The molecule has 1 aliphatic rings. The van der Waals surface area contributed by atoms with Crippen molar-refractivity contribution in [2.75, 3.05) is 0 Å². The van der Waals surface area contributed by atoms with E-state index in [0.717, 1.165) is 10.6 Å². The summed E-state index contributed by atoms with van der Waals surface area (Å²) in [5.41, 5.74) is 0. The first kappa shape index (κ1) is 13.7. The molecule has 1 heterocycles. The molecular weight excluding hydrogens is 277 g/mol. The number of rotatable bonds is 3. The average Bonchev–Trinajstić information content (AvgIpc) is 2.85. The van der Waals surface area contributed by atoms with Crippen LogP contribution in [0.2, 0.25) is 0 Å². The van der Waals surface area contributed by atoms with Gasteiger partial charge in [0.2, 0.25) is 7.29 Å². The Balaban J connectivity index is 2.19. The molecule has 21 heavy (non-hydrogen) atoms. The molecule has 2 aromatic rings. The third-order valence-corrected chi connectivity index (χ3v) is 6.26. The first-order valence-electron chi connectivity index (χ1n) is 6.83. The molecule has 0 N–H and O–H groups in total. The van der Waals surface area contributed by atoms with Crippen molar-refractivity contribution in [3.63, 3.8) is 0 Å². The molecule has 1 aliphatic heterocycles. The van der Waals surface area contributed by atoms with Crippen LogP contribution in [0.1, 0.15) is 0 Å². The van der Waals surface area contributed by atoms with Crippen LogP contribution in [0.5, 0.6) is 0 Å². The molecule has 3 rings (SSSR count). The zero-order chi connectivity index (χ0) is 14.5. The van der Waals surface area contributed by atoms with Gasteiger partial charge in [0.25, 0.3) is 0 Å². The second-order valence-electron chi connectivity index (χ2n) is 4.70. The lowest BCUT2D eigenvalue weighted by Crippen LogP contribution is -2.25. The van der Waals surface area contributed by atoms with Gasteiger partial charge in [-0.05, 0) is 36.4 Å². The van der Waals surface area contributed by atoms with Crippen molar-refractivity contribution >= 4 is 17.9 Å². The van der Waals surface area contributed by atoms with E-state index < -0.39 is 7.29 Å². The van der Waals surface area contributed by atoms with Gasteiger partial charge in [0, 0.05) is 23.0 Å². The van der Waals surface area contributed by atoms with Gasteiger partial charge in [-0.25, -0.2) is 0 Å². The first-order valence-corrected chi connectivity index (χ1v) is 8.49. The van der Waals surface area contributed by atoms with Crippen LogP contribution in [0.3, 0.4) is 0 Å². The molecule has 2 aromatic carbocycles. The molecule has 0 radical (unpaired) electrons. The van der Waals surface area contributed by atoms with Crippen LogP contribution >= 0.6 is 7.29 Å². The zero-order valence-corrected chi connectivity index (χ0v) is 12.4. The van der Waals surface area contributed by atoms with Crippen molar-refractivity contribution in [3.8, 4) is 0 Å². The van der Waals surface area contributed by atoms with Gasteiger partial charge in [-0.15, -0.1) is 0 Å². The number of hydrogen-bond donors (Lipinski definition) is 0. The molecule has 2 nitrogen and oxygen atoms in total. The monoisotopic (exact) mass is 293 g/mol. The molecule has 3 heteroatoms. The van der Waals surface area contributed by atoms with Gasteiger partial charge in [0.15, 0.2) is 0 Å². The minimum Gasteiger partial charge on any atom is -0.298 e. The number of benzene rings is 2. The highest BCUT2D eigenvalue weighted by molar-refractivity contribution is 7.76. The van der Waals surface area contributed by atoms with E-state index in [1.807, 2.05) is 102 Å². The van der Waals surface area contributed by atoms with E-state index in [2.05, 4.69) is 0 Å². The van der Waals surface area contributed by atoms with Crippen molar-refractivity contribution in [1.29, 1.82) is 0 Å². The highest BCUT2D eigenvalue weighted by Crippen LogP contribution is 2.48. The fraction of sp³-hybridized carbons (Fsp3) is 0. The molecule has 0 saturated carbocycles. The quantitative estimate of drug-likeness (QED) is 0.802. The Labute approximate surface area is 125 Å². The van der Waals surface area contributed by atoms with E-state index in [1.54, 1.807) is 0 Å². The molecule has 0 fully saturated rings. The normalized spacial score (nSPS) is 14.2. The maximum absolute atomic E-state index is 13.9. The average molecular weight is 293 g/mol. The predicted molar refractivity (Wildman–Crippen MR) is 89.0 cm³/mol. The van der Waals surface area contributed by atoms with E-state index in [9.17, 15) is 4.57 Å². The van der Waals surface area contributed by atoms with Gasteiger partial charge < -0.3 is 0 Å². The SMILES string of the molecule is O=P(c1ccccc1)(c1ccccc1)N1C=CC=CC=C1. The van der Waals surface area contributed by atoms with E-state index in [0.29, 0.717) is 0 Å². The smallest absolute Gasteiger partial charge is 0.233 e. The second-order valence-corrected chi connectivity index (χ2v) is 7.34. The highest BCUT2D eigenvalue weighted by Gasteiger charge is 2.31. The summed E-state index contributed by atoms with van der Waals surface area (Å²) in [5.74, 6) is 0. The lowest BCUT2D eigenvalue weighted by atomic mass is 10.4. The fourth-order valence-electron chi connectivity index (χ4n) is 2.32. The van der Waals surface area contributed by atoms with E-state index in [4.69, 9.17) is 0 Å². The maximum Gasteiger partial charge on any atom is 0.233 e. The summed E-state index contributed by atoms with van der Waals surface area (Å²) in [6.07, 6.45) is 11.4. The summed E-state index contributed by atoms with van der Waals surface area (Å²) in [6.45, 7) is 0. The summed E-state index contributed by atoms with van der Waals surface area (Å²) < 4.78 is 15.7. The minimum atomic E-state index is -2.91. The van der Waals surface area contributed by atoms with Crippen LogP contribution in [0.25, 0.3) is 0 Å². The summed E-state index contributed by atoms with van der Waals surface area (Å²) >= 11 is 0. The molecule has 0 aliphatic carbocycles. The largest absolute Gasteiger partial charge is 0.298 e. The van der Waals surface area contributed by atoms with Crippen LogP contribution in [-0.2, 0) is 4.57 Å². The Hall–Kier alpha value is -2.31. The molecule has 0 aromatic heterocycles. The van der Waals surface area contributed by atoms with Crippen LogP contribution in [-0.4, -0.2) is 4.67 Å². The first-order chi connectivity index (χ1) is 10.3. The van der Waals surface area contributed by atoms with Gasteiger partial charge in [-0.1, -0.05) is 48.6 Å². The van der Waals surface area contributed by atoms with Gasteiger partial charge in [0.1, 0.15) is 0 Å². The molecule has 0 atom stereocenters. The predicted octanol–water partition coefficient (Wildman–Crippen LogP) is 3.81. The van der Waals surface area contributed by atoms with E-state index in [1.165, 1.54) is 0 Å². The summed E-state index contributed by atoms with van der Waals surface area (Å²) in [7, 11) is -2.91. The molecule has 0 bridgehead atoms. The Morgan fingerprint density at radius 1 is 0.619 bits per heavy atom. The maximum atomic E-state index is 13.9. The molecule has 0 spiro atoms. The molecule has 0 unspecified atom stereocenters. The lowest BCUT2D eigenvalue weighted by molar-refractivity contribution is 0.559.